The molecular weight excluding hydrogens is 253 g/mol. The summed E-state index contributed by atoms with van der Waals surface area (Å²) in [6.07, 6.45) is -0.295. The lowest BCUT2D eigenvalue weighted by atomic mass is 9.99. The maximum Gasteiger partial charge on any atom is 0.139 e. The zero-order valence-corrected chi connectivity index (χ0v) is 12.1. The average Bonchev–Trinajstić information content (AvgIpc) is 2.40. The van der Waals surface area contributed by atoms with Gasteiger partial charge in [-0.3, -0.25) is 0 Å². The summed E-state index contributed by atoms with van der Waals surface area (Å²) < 4.78 is 19.4. The predicted molar refractivity (Wildman–Crippen MR) is 79.3 cm³/mol. The quantitative estimate of drug-likeness (QED) is 0.916. The Morgan fingerprint density at radius 2 is 1.75 bits per heavy atom. The SMILES string of the molecule is Cc1ccc(F)cc1OC(c1ccccc1C)C(C)N. The first-order chi connectivity index (χ1) is 9.49. The fourth-order valence-electron chi connectivity index (χ4n) is 2.20. The third-order valence-electron chi connectivity index (χ3n) is 3.38. The van der Waals surface area contributed by atoms with E-state index in [4.69, 9.17) is 10.5 Å². The topological polar surface area (TPSA) is 35.2 Å². The van der Waals surface area contributed by atoms with Gasteiger partial charge in [0.2, 0.25) is 0 Å². The second kappa shape index (κ2) is 6.06. The van der Waals surface area contributed by atoms with Gasteiger partial charge in [0.1, 0.15) is 17.7 Å². The van der Waals surface area contributed by atoms with E-state index in [0.717, 1.165) is 16.7 Å². The van der Waals surface area contributed by atoms with Crippen LogP contribution in [0.15, 0.2) is 42.5 Å². The van der Waals surface area contributed by atoms with Crippen LogP contribution in [-0.2, 0) is 0 Å². The molecule has 3 heteroatoms. The van der Waals surface area contributed by atoms with Gasteiger partial charge < -0.3 is 10.5 Å². The minimum atomic E-state index is -0.307. The number of aryl methyl sites for hydroxylation is 2. The number of halogens is 1. The van der Waals surface area contributed by atoms with Crippen molar-refractivity contribution in [1.29, 1.82) is 0 Å². The molecule has 2 atom stereocenters. The highest BCUT2D eigenvalue weighted by Gasteiger charge is 2.20. The van der Waals surface area contributed by atoms with E-state index in [1.807, 2.05) is 45.0 Å². The number of hydrogen-bond donors (Lipinski definition) is 1. The molecule has 0 saturated carbocycles. The van der Waals surface area contributed by atoms with Gasteiger partial charge in [-0.15, -0.1) is 0 Å². The fourth-order valence-corrected chi connectivity index (χ4v) is 2.20. The molecule has 0 aromatic heterocycles. The standard InChI is InChI=1S/C17H20FNO/c1-11-6-4-5-7-15(11)17(13(3)19)20-16-10-14(18)9-8-12(16)2/h4-10,13,17H,19H2,1-3H3. The zero-order chi connectivity index (χ0) is 14.7. The van der Waals surface area contributed by atoms with Crippen LogP contribution in [0.1, 0.15) is 29.7 Å². The summed E-state index contributed by atoms with van der Waals surface area (Å²) in [7, 11) is 0. The first-order valence-electron chi connectivity index (χ1n) is 6.73. The first-order valence-corrected chi connectivity index (χ1v) is 6.73. The highest BCUT2D eigenvalue weighted by Crippen LogP contribution is 2.29. The summed E-state index contributed by atoms with van der Waals surface area (Å²) >= 11 is 0. The molecule has 2 aromatic rings. The van der Waals surface area contributed by atoms with Crippen LogP contribution in [0, 0.1) is 19.7 Å². The number of benzene rings is 2. The molecule has 2 nitrogen and oxygen atoms in total. The first kappa shape index (κ1) is 14.5. The monoisotopic (exact) mass is 273 g/mol. The molecule has 0 radical (unpaired) electrons. The smallest absolute Gasteiger partial charge is 0.139 e. The number of hydrogen-bond acceptors (Lipinski definition) is 2. The van der Waals surface area contributed by atoms with E-state index in [2.05, 4.69) is 0 Å². The van der Waals surface area contributed by atoms with Crippen molar-refractivity contribution in [3.63, 3.8) is 0 Å². The highest BCUT2D eigenvalue weighted by atomic mass is 19.1. The van der Waals surface area contributed by atoms with Crippen LogP contribution < -0.4 is 10.5 Å². The Bertz CT molecular complexity index is 595. The fraction of sp³-hybridized carbons (Fsp3) is 0.294. The van der Waals surface area contributed by atoms with Crippen LogP contribution in [0.5, 0.6) is 5.75 Å². The van der Waals surface area contributed by atoms with Gasteiger partial charge in [0, 0.05) is 12.1 Å². The second-order valence-corrected chi connectivity index (χ2v) is 5.16. The normalized spacial score (nSPS) is 13.8. The van der Waals surface area contributed by atoms with E-state index < -0.39 is 0 Å². The minimum Gasteiger partial charge on any atom is -0.484 e. The molecule has 0 bridgehead atoms. The molecule has 0 amide bonds. The summed E-state index contributed by atoms with van der Waals surface area (Å²) in [6.45, 7) is 5.81. The van der Waals surface area contributed by atoms with Crippen molar-refractivity contribution in [3.05, 3.63) is 65.0 Å². The molecule has 0 aliphatic carbocycles. The Hall–Kier alpha value is -1.87. The third-order valence-corrected chi connectivity index (χ3v) is 3.38. The highest BCUT2D eigenvalue weighted by molar-refractivity contribution is 5.35. The Labute approximate surface area is 119 Å². The summed E-state index contributed by atoms with van der Waals surface area (Å²) in [5, 5.41) is 0. The van der Waals surface area contributed by atoms with E-state index in [0.29, 0.717) is 5.75 Å². The number of rotatable bonds is 4. The van der Waals surface area contributed by atoms with Gasteiger partial charge in [-0.1, -0.05) is 30.3 Å². The molecule has 106 valence electrons. The van der Waals surface area contributed by atoms with Crippen LogP contribution in [0.2, 0.25) is 0 Å². The lowest BCUT2D eigenvalue weighted by Crippen LogP contribution is -2.29. The van der Waals surface area contributed by atoms with Crippen LogP contribution in [0.25, 0.3) is 0 Å². The van der Waals surface area contributed by atoms with Crippen molar-refractivity contribution in [2.45, 2.75) is 32.9 Å². The minimum absolute atomic E-state index is 0.196. The molecule has 2 aromatic carbocycles. The van der Waals surface area contributed by atoms with Crippen LogP contribution in [0.4, 0.5) is 4.39 Å². The van der Waals surface area contributed by atoms with Crippen molar-refractivity contribution >= 4 is 0 Å². The van der Waals surface area contributed by atoms with Gasteiger partial charge >= 0.3 is 0 Å². The van der Waals surface area contributed by atoms with Crippen molar-refractivity contribution in [1.82, 2.24) is 0 Å². The summed E-state index contributed by atoms with van der Waals surface area (Å²) in [4.78, 5) is 0. The molecule has 0 saturated heterocycles. The van der Waals surface area contributed by atoms with Crippen molar-refractivity contribution in [2.75, 3.05) is 0 Å². The molecule has 0 spiro atoms. The second-order valence-electron chi connectivity index (χ2n) is 5.16. The van der Waals surface area contributed by atoms with Crippen LogP contribution in [0.3, 0.4) is 0 Å². The number of ether oxygens (including phenoxy) is 1. The Kier molecular flexibility index (Phi) is 4.40. The van der Waals surface area contributed by atoms with Gasteiger partial charge in [0.05, 0.1) is 0 Å². The summed E-state index contributed by atoms with van der Waals surface area (Å²) in [5.74, 6) is 0.231. The molecule has 0 heterocycles. The van der Waals surface area contributed by atoms with Crippen molar-refractivity contribution in [2.24, 2.45) is 5.73 Å². The lowest BCUT2D eigenvalue weighted by Gasteiger charge is -2.25. The molecule has 2 unspecified atom stereocenters. The maximum absolute atomic E-state index is 13.4. The maximum atomic E-state index is 13.4. The predicted octanol–water partition coefficient (Wildman–Crippen LogP) is 3.91. The summed E-state index contributed by atoms with van der Waals surface area (Å²) in [5.41, 5.74) is 9.10. The lowest BCUT2D eigenvalue weighted by molar-refractivity contribution is 0.178. The molecule has 0 aliphatic heterocycles. The Balaban J connectivity index is 2.36. The van der Waals surface area contributed by atoms with Gasteiger partial charge in [0.15, 0.2) is 0 Å². The van der Waals surface area contributed by atoms with Gasteiger partial charge in [-0.05, 0) is 43.5 Å². The van der Waals surface area contributed by atoms with Crippen LogP contribution >= 0.6 is 0 Å². The molecule has 20 heavy (non-hydrogen) atoms. The molecule has 2 rings (SSSR count). The average molecular weight is 273 g/mol. The molecule has 2 N–H and O–H groups in total. The van der Waals surface area contributed by atoms with Crippen LogP contribution in [-0.4, -0.2) is 6.04 Å². The molecular formula is C17H20FNO. The molecule has 0 aliphatic rings. The Morgan fingerprint density at radius 3 is 2.40 bits per heavy atom. The zero-order valence-electron chi connectivity index (χ0n) is 12.1. The third kappa shape index (κ3) is 3.17. The van der Waals surface area contributed by atoms with Gasteiger partial charge in [-0.2, -0.15) is 0 Å². The van der Waals surface area contributed by atoms with Gasteiger partial charge in [0.25, 0.3) is 0 Å². The van der Waals surface area contributed by atoms with E-state index in [9.17, 15) is 4.39 Å². The van der Waals surface area contributed by atoms with E-state index >= 15 is 0 Å². The summed E-state index contributed by atoms with van der Waals surface area (Å²) in [6, 6.07) is 12.3. The van der Waals surface area contributed by atoms with E-state index in [1.165, 1.54) is 12.1 Å². The Morgan fingerprint density at radius 1 is 1.05 bits per heavy atom. The van der Waals surface area contributed by atoms with Gasteiger partial charge in [-0.25, -0.2) is 4.39 Å². The largest absolute Gasteiger partial charge is 0.484 e. The van der Waals surface area contributed by atoms with Crippen molar-refractivity contribution < 1.29 is 9.13 Å². The van der Waals surface area contributed by atoms with E-state index in [-0.39, 0.29) is 18.0 Å². The number of nitrogens with two attached hydrogens (primary N) is 1. The molecule has 0 fully saturated rings. The van der Waals surface area contributed by atoms with E-state index in [1.54, 1.807) is 6.07 Å². The van der Waals surface area contributed by atoms with Crippen molar-refractivity contribution in [3.8, 4) is 5.75 Å².